The Bertz CT molecular complexity index is 596. The van der Waals surface area contributed by atoms with Crippen LogP contribution in [0.3, 0.4) is 0 Å². The SMILES string of the molecule is O=c1[nH]c2ccc(CCNCC3CCNC3)cc2o1. The molecule has 102 valence electrons. The van der Waals surface area contributed by atoms with Crippen LogP contribution < -0.4 is 16.4 Å². The van der Waals surface area contributed by atoms with Crippen molar-refractivity contribution in [3.8, 4) is 0 Å². The van der Waals surface area contributed by atoms with Gasteiger partial charge in [0.15, 0.2) is 5.58 Å². The lowest BCUT2D eigenvalue weighted by Gasteiger charge is -2.09. The summed E-state index contributed by atoms with van der Waals surface area (Å²) in [5.74, 6) is 0.379. The van der Waals surface area contributed by atoms with Gasteiger partial charge in [-0.25, -0.2) is 4.79 Å². The highest BCUT2D eigenvalue weighted by atomic mass is 16.4. The van der Waals surface area contributed by atoms with Crippen LogP contribution in [0.25, 0.3) is 11.1 Å². The van der Waals surface area contributed by atoms with Gasteiger partial charge in [0.1, 0.15) is 0 Å². The Labute approximate surface area is 111 Å². The van der Waals surface area contributed by atoms with Crippen molar-refractivity contribution in [1.29, 1.82) is 0 Å². The molecule has 5 nitrogen and oxygen atoms in total. The quantitative estimate of drug-likeness (QED) is 0.698. The average molecular weight is 261 g/mol. The first-order chi connectivity index (χ1) is 9.31. The van der Waals surface area contributed by atoms with Crippen LogP contribution in [0.4, 0.5) is 0 Å². The first kappa shape index (κ1) is 12.4. The minimum atomic E-state index is -0.390. The summed E-state index contributed by atoms with van der Waals surface area (Å²) in [4.78, 5) is 13.7. The summed E-state index contributed by atoms with van der Waals surface area (Å²) in [7, 11) is 0. The summed E-state index contributed by atoms with van der Waals surface area (Å²) < 4.78 is 5.06. The Morgan fingerprint density at radius 3 is 3.21 bits per heavy atom. The fourth-order valence-electron chi connectivity index (χ4n) is 2.57. The monoisotopic (exact) mass is 261 g/mol. The highest BCUT2D eigenvalue weighted by Crippen LogP contribution is 2.12. The van der Waals surface area contributed by atoms with Crippen LogP contribution in [0, 0.1) is 5.92 Å². The predicted molar refractivity (Wildman–Crippen MR) is 74.4 cm³/mol. The van der Waals surface area contributed by atoms with Gasteiger partial charge in [0.05, 0.1) is 5.52 Å². The first-order valence-electron chi connectivity index (χ1n) is 6.84. The Balaban J connectivity index is 1.51. The number of hydrogen-bond donors (Lipinski definition) is 3. The van der Waals surface area contributed by atoms with Crippen molar-refractivity contribution in [3.63, 3.8) is 0 Å². The molecule has 1 unspecified atom stereocenters. The predicted octanol–water partition coefficient (Wildman–Crippen LogP) is 0.863. The number of benzene rings is 1. The number of nitrogens with one attached hydrogen (secondary N) is 3. The van der Waals surface area contributed by atoms with E-state index in [0.717, 1.165) is 44.0 Å². The molecule has 0 spiro atoms. The molecular formula is C14H19N3O2. The standard InChI is InChI=1S/C14H19N3O2/c18-14-17-12-2-1-10(7-13(12)19-14)3-5-15-8-11-4-6-16-9-11/h1-2,7,11,15-16H,3-6,8-9H2,(H,17,18). The molecule has 1 aromatic carbocycles. The van der Waals surface area contributed by atoms with Gasteiger partial charge in [0.2, 0.25) is 0 Å². The summed E-state index contributed by atoms with van der Waals surface area (Å²) in [5, 5.41) is 6.86. The van der Waals surface area contributed by atoms with E-state index < -0.39 is 0 Å². The van der Waals surface area contributed by atoms with Gasteiger partial charge in [-0.3, -0.25) is 4.98 Å². The van der Waals surface area contributed by atoms with Crippen molar-refractivity contribution in [2.75, 3.05) is 26.2 Å². The van der Waals surface area contributed by atoms with Gasteiger partial charge in [0, 0.05) is 0 Å². The zero-order chi connectivity index (χ0) is 13.1. The molecule has 5 heteroatoms. The number of aromatic nitrogens is 1. The molecule has 1 atom stereocenters. The van der Waals surface area contributed by atoms with Crippen LogP contribution in [-0.2, 0) is 6.42 Å². The molecule has 0 saturated carbocycles. The summed E-state index contributed by atoms with van der Waals surface area (Å²) in [6.07, 6.45) is 2.22. The third kappa shape index (κ3) is 3.05. The molecule has 0 radical (unpaired) electrons. The van der Waals surface area contributed by atoms with E-state index in [9.17, 15) is 4.79 Å². The lowest BCUT2D eigenvalue weighted by molar-refractivity contribution is 0.515. The number of hydrogen-bond acceptors (Lipinski definition) is 4. The third-order valence-electron chi connectivity index (χ3n) is 3.67. The zero-order valence-corrected chi connectivity index (χ0v) is 10.9. The lowest BCUT2D eigenvalue weighted by Crippen LogP contribution is -2.26. The minimum Gasteiger partial charge on any atom is -0.408 e. The maximum atomic E-state index is 11.1. The second-order valence-corrected chi connectivity index (χ2v) is 5.16. The van der Waals surface area contributed by atoms with Gasteiger partial charge < -0.3 is 15.1 Å². The van der Waals surface area contributed by atoms with Crippen molar-refractivity contribution in [1.82, 2.24) is 15.6 Å². The Kier molecular flexibility index (Phi) is 3.66. The third-order valence-corrected chi connectivity index (χ3v) is 3.67. The molecule has 1 aliphatic rings. The zero-order valence-electron chi connectivity index (χ0n) is 10.9. The largest absolute Gasteiger partial charge is 0.417 e. The summed E-state index contributed by atoms with van der Waals surface area (Å²) in [6, 6.07) is 5.87. The van der Waals surface area contributed by atoms with Gasteiger partial charge in [-0.2, -0.15) is 0 Å². The second kappa shape index (κ2) is 5.59. The van der Waals surface area contributed by atoms with Crippen LogP contribution in [0.1, 0.15) is 12.0 Å². The van der Waals surface area contributed by atoms with E-state index in [1.807, 2.05) is 18.2 Å². The van der Waals surface area contributed by atoms with Crippen molar-refractivity contribution in [2.24, 2.45) is 5.92 Å². The molecule has 2 aromatic rings. The summed E-state index contributed by atoms with van der Waals surface area (Å²) in [5.41, 5.74) is 2.59. The van der Waals surface area contributed by atoms with E-state index in [1.165, 1.54) is 12.0 Å². The number of H-pyrrole nitrogens is 1. The van der Waals surface area contributed by atoms with Crippen LogP contribution in [0.2, 0.25) is 0 Å². The van der Waals surface area contributed by atoms with Gasteiger partial charge >= 0.3 is 5.76 Å². The smallest absolute Gasteiger partial charge is 0.408 e. The van der Waals surface area contributed by atoms with E-state index >= 15 is 0 Å². The van der Waals surface area contributed by atoms with E-state index in [0.29, 0.717) is 5.58 Å². The molecule has 0 bridgehead atoms. The van der Waals surface area contributed by atoms with Crippen molar-refractivity contribution in [2.45, 2.75) is 12.8 Å². The molecule has 3 rings (SSSR count). The molecule has 1 aliphatic heterocycles. The molecule has 0 amide bonds. The van der Waals surface area contributed by atoms with E-state index in [2.05, 4.69) is 15.6 Å². The van der Waals surface area contributed by atoms with Crippen LogP contribution in [0.15, 0.2) is 27.4 Å². The highest BCUT2D eigenvalue weighted by molar-refractivity contribution is 5.72. The van der Waals surface area contributed by atoms with Crippen molar-refractivity contribution in [3.05, 3.63) is 34.3 Å². The number of rotatable bonds is 5. The number of aromatic amines is 1. The van der Waals surface area contributed by atoms with E-state index in [-0.39, 0.29) is 5.76 Å². The Hall–Kier alpha value is -1.59. The molecule has 0 aliphatic carbocycles. The Morgan fingerprint density at radius 1 is 1.42 bits per heavy atom. The van der Waals surface area contributed by atoms with Gasteiger partial charge in [-0.15, -0.1) is 0 Å². The second-order valence-electron chi connectivity index (χ2n) is 5.16. The van der Waals surface area contributed by atoms with Gasteiger partial charge in [0.25, 0.3) is 0 Å². The maximum Gasteiger partial charge on any atom is 0.417 e. The Morgan fingerprint density at radius 2 is 2.37 bits per heavy atom. The minimum absolute atomic E-state index is 0.390. The van der Waals surface area contributed by atoms with Crippen LogP contribution in [-0.4, -0.2) is 31.2 Å². The lowest BCUT2D eigenvalue weighted by atomic mass is 10.1. The number of fused-ring (bicyclic) bond motifs is 1. The molecular weight excluding hydrogens is 242 g/mol. The normalized spacial score (nSPS) is 19.3. The first-order valence-corrected chi connectivity index (χ1v) is 6.84. The molecule has 2 heterocycles. The van der Waals surface area contributed by atoms with E-state index in [4.69, 9.17) is 4.42 Å². The molecule has 1 fully saturated rings. The van der Waals surface area contributed by atoms with Crippen LogP contribution in [0.5, 0.6) is 0 Å². The average Bonchev–Trinajstić information content (AvgIpc) is 3.02. The van der Waals surface area contributed by atoms with Crippen LogP contribution >= 0.6 is 0 Å². The summed E-state index contributed by atoms with van der Waals surface area (Å²) in [6.45, 7) is 4.31. The summed E-state index contributed by atoms with van der Waals surface area (Å²) >= 11 is 0. The van der Waals surface area contributed by atoms with Gasteiger partial charge in [-0.05, 0) is 62.6 Å². The highest BCUT2D eigenvalue weighted by Gasteiger charge is 2.13. The number of oxazole rings is 1. The molecule has 19 heavy (non-hydrogen) atoms. The fourth-order valence-corrected chi connectivity index (χ4v) is 2.57. The van der Waals surface area contributed by atoms with Crippen molar-refractivity contribution >= 4 is 11.1 Å². The molecule has 3 N–H and O–H groups in total. The molecule has 1 aromatic heterocycles. The molecule has 1 saturated heterocycles. The topological polar surface area (TPSA) is 70.1 Å². The van der Waals surface area contributed by atoms with Crippen molar-refractivity contribution < 1.29 is 4.42 Å². The maximum absolute atomic E-state index is 11.1. The fraction of sp³-hybridized carbons (Fsp3) is 0.500. The van der Waals surface area contributed by atoms with Gasteiger partial charge in [-0.1, -0.05) is 6.07 Å². The van der Waals surface area contributed by atoms with E-state index in [1.54, 1.807) is 0 Å².